The quantitative estimate of drug-likeness (QED) is 0.596. The molecule has 1 atom stereocenters. The summed E-state index contributed by atoms with van der Waals surface area (Å²) in [7, 11) is -2.22. The number of nitrogens with zero attached hydrogens (tertiary/aromatic N) is 1. The second-order valence-electron chi connectivity index (χ2n) is 6.60. The molecule has 0 bridgehead atoms. The lowest BCUT2D eigenvalue weighted by Crippen LogP contribution is -2.34. The number of para-hydroxylation sites is 1. The molecule has 1 heterocycles. The molecule has 0 fully saturated rings. The van der Waals surface area contributed by atoms with Crippen LogP contribution in [0.3, 0.4) is 0 Å². The fourth-order valence-electron chi connectivity index (χ4n) is 3.36. The van der Waals surface area contributed by atoms with E-state index in [4.69, 9.17) is 0 Å². The Balaban J connectivity index is 1.88. The average Bonchev–Trinajstić information content (AvgIpc) is 2.97. The smallest absolute Gasteiger partial charge is 0.341 e. The van der Waals surface area contributed by atoms with E-state index in [2.05, 4.69) is 10.1 Å². The van der Waals surface area contributed by atoms with Crippen LogP contribution < -0.4 is 9.62 Å². The van der Waals surface area contributed by atoms with E-state index in [1.807, 2.05) is 0 Å². The van der Waals surface area contributed by atoms with Crippen LogP contribution in [0.1, 0.15) is 33.2 Å². The van der Waals surface area contributed by atoms with Crippen molar-refractivity contribution in [2.75, 3.05) is 23.0 Å². The third-order valence-electron chi connectivity index (χ3n) is 4.54. The lowest BCUT2D eigenvalue weighted by atomic mass is 10.1. The zero-order valence-corrected chi connectivity index (χ0v) is 16.4. The number of fused-ring (bicyclic) bond motifs is 1. The molecule has 1 aliphatic heterocycles. The van der Waals surface area contributed by atoms with E-state index in [1.165, 1.54) is 35.7 Å². The lowest BCUT2D eigenvalue weighted by Gasteiger charge is -2.21. The molecule has 3 rings (SSSR count). The lowest BCUT2D eigenvalue weighted by molar-refractivity contribution is 0.0597. The third kappa shape index (κ3) is 3.53. The summed E-state index contributed by atoms with van der Waals surface area (Å²) in [5, 5.41) is 12.8. The predicted octanol–water partition coefficient (Wildman–Crippen LogP) is 2.14. The molecule has 148 valence electrons. The van der Waals surface area contributed by atoms with E-state index in [1.54, 1.807) is 19.1 Å². The van der Waals surface area contributed by atoms with Crippen molar-refractivity contribution in [3.8, 4) is 5.75 Å². The van der Waals surface area contributed by atoms with Gasteiger partial charge in [-0.05, 0) is 49.2 Å². The highest BCUT2D eigenvalue weighted by Gasteiger charge is 2.32. The number of hydrogen-bond acceptors (Lipinski definition) is 6. The van der Waals surface area contributed by atoms with Gasteiger partial charge in [-0.1, -0.05) is 6.07 Å². The molecule has 0 saturated heterocycles. The summed E-state index contributed by atoms with van der Waals surface area (Å²) in [5.74, 6) is -1.60. The Morgan fingerprint density at radius 2 is 1.96 bits per heavy atom. The Hall–Kier alpha value is -3.07. The van der Waals surface area contributed by atoms with Crippen LogP contribution >= 0.6 is 0 Å². The Morgan fingerprint density at radius 1 is 1.25 bits per heavy atom. The summed E-state index contributed by atoms with van der Waals surface area (Å²) in [5.41, 5.74) is 1.62. The number of aromatic hydroxyl groups is 1. The summed E-state index contributed by atoms with van der Waals surface area (Å²) >= 11 is 0. The number of anilines is 2. The first-order valence-electron chi connectivity index (χ1n) is 8.47. The molecule has 2 aromatic carbocycles. The van der Waals surface area contributed by atoms with E-state index in [0.717, 1.165) is 11.8 Å². The first-order valence-corrected chi connectivity index (χ1v) is 10.3. The predicted molar refractivity (Wildman–Crippen MR) is 104 cm³/mol. The van der Waals surface area contributed by atoms with Gasteiger partial charge in [0.15, 0.2) is 5.75 Å². The van der Waals surface area contributed by atoms with Crippen molar-refractivity contribution in [3.05, 3.63) is 53.1 Å². The maximum Gasteiger partial charge on any atom is 0.341 e. The molecule has 0 aliphatic carbocycles. The molecule has 8 nitrogen and oxygen atoms in total. The van der Waals surface area contributed by atoms with Crippen LogP contribution in [-0.2, 0) is 21.2 Å². The molecule has 0 radical (unpaired) electrons. The molecule has 0 spiro atoms. The largest absolute Gasteiger partial charge is 0.505 e. The highest BCUT2D eigenvalue weighted by molar-refractivity contribution is 7.92. The van der Waals surface area contributed by atoms with Gasteiger partial charge in [0.1, 0.15) is 5.56 Å². The van der Waals surface area contributed by atoms with Gasteiger partial charge >= 0.3 is 5.97 Å². The third-order valence-corrected chi connectivity index (χ3v) is 5.81. The minimum atomic E-state index is -3.41. The van der Waals surface area contributed by atoms with Crippen LogP contribution in [-0.4, -0.2) is 44.8 Å². The molecule has 2 N–H and O–H groups in total. The van der Waals surface area contributed by atoms with E-state index in [-0.39, 0.29) is 23.0 Å². The molecule has 28 heavy (non-hydrogen) atoms. The summed E-state index contributed by atoms with van der Waals surface area (Å²) in [6.07, 6.45) is 1.64. The SMILES string of the molecule is COC(=O)c1cccc(NC(=O)c2ccc3c(c2)CC(C)N3S(C)(=O)=O)c1O. The van der Waals surface area contributed by atoms with Crippen LogP contribution in [0.2, 0.25) is 0 Å². The first kappa shape index (κ1) is 19.7. The zero-order chi connectivity index (χ0) is 20.6. The number of methoxy groups -OCH3 is 1. The zero-order valence-electron chi connectivity index (χ0n) is 15.6. The number of benzene rings is 2. The van der Waals surface area contributed by atoms with Crippen LogP contribution in [0, 0.1) is 0 Å². The van der Waals surface area contributed by atoms with E-state index in [0.29, 0.717) is 17.7 Å². The molecular weight excluding hydrogens is 384 g/mol. The standard InChI is InChI=1S/C19H20N2O6S/c1-11-9-13-10-12(7-8-16(13)21(11)28(3,25)26)18(23)20-15-6-4-5-14(17(15)22)19(24)27-2/h4-8,10-11,22H,9H2,1-3H3,(H,20,23). The number of rotatable bonds is 4. The van der Waals surface area contributed by atoms with Gasteiger partial charge < -0.3 is 15.2 Å². The summed E-state index contributed by atoms with van der Waals surface area (Å²) in [6.45, 7) is 1.80. The van der Waals surface area contributed by atoms with Crippen LogP contribution in [0.4, 0.5) is 11.4 Å². The van der Waals surface area contributed by atoms with Gasteiger partial charge in [-0.3, -0.25) is 9.10 Å². The molecule has 2 aromatic rings. The van der Waals surface area contributed by atoms with Crippen molar-refractivity contribution in [2.45, 2.75) is 19.4 Å². The first-order chi connectivity index (χ1) is 13.1. The minimum Gasteiger partial charge on any atom is -0.505 e. The maximum atomic E-state index is 12.6. The van der Waals surface area contributed by atoms with Crippen LogP contribution in [0.5, 0.6) is 5.75 Å². The fraction of sp³-hybridized carbons (Fsp3) is 0.263. The Bertz CT molecular complexity index is 1060. The number of carbonyl (C=O) groups excluding carboxylic acids is 2. The van der Waals surface area contributed by atoms with Gasteiger partial charge in [-0.2, -0.15) is 0 Å². The highest BCUT2D eigenvalue weighted by Crippen LogP contribution is 2.35. The van der Waals surface area contributed by atoms with Crippen molar-refractivity contribution in [1.29, 1.82) is 0 Å². The van der Waals surface area contributed by atoms with Crippen LogP contribution in [0.15, 0.2) is 36.4 Å². The van der Waals surface area contributed by atoms with E-state index < -0.39 is 21.9 Å². The number of sulfonamides is 1. The van der Waals surface area contributed by atoms with Gasteiger partial charge in [-0.15, -0.1) is 0 Å². The number of phenols is 1. The number of phenolic OH excluding ortho intramolecular Hbond substituents is 1. The molecule has 1 amide bonds. The molecule has 0 aromatic heterocycles. The second kappa shape index (κ2) is 7.16. The van der Waals surface area contributed by atoms with Crippen molar-refractivity contribution >= 4 is 33.3 Å². The topological polar surface area (TPSA) is 113 Å². The Morgan fingerprint density at radius 3 is 2.61 bits per heavy atom. The van der Waals surface area contributed by atoms with Crippen molar-refractivity contribution in [2.24, 2.45) is 0 Å². The number of esters is 1. The average molecular weight is 404 g/mol. The van der Waals surface area contributed by atoms with Gasteiger partial charge in [0.05, 0.1) is 24.7 Å². The number of ether oxygens (including phenoxy) is 1. The summed E-state index contributed by atoms with van der Waals surface area (Å²) < 4.78 is 29.9. The van der Waals surface area contributed by atoms with Gasteiger partial charge in [0.25, 0.3) is 5.91 Å². The second-order valence-corrected chi connectivity index (χ2v) is 8.46. The van der Waals surface area contributed by atoms with E-state index >= 15 is 0 Å². The minimum absolute atomic E-state index is 0.0631. The van der Waals surface area contributed by atoms with Crippen molar-refractivity contribution in [1.82, 2.24) is 0 Å². The molecule has 1 aliphatic rings. The summed E-state index contributed by atoms with van der Waals surface area (Å²) in [4.78, 5) is 24.3. The number of amides is 1. The summed E-state index contributed by atoms with van der Waals surface area (Å²) in [6, 6.07) is 8.87. The van der Waals surface area contributed by atoms with Gasteiger partial charge in [0, 0.05) is 11.6 Å². The normalized spacial score (nSPS) is 15.8. The van der Waals surface area contributed by atoms with Crippen LogP contribution in [0.25, 0.3) is 0 Å². The monoisotopic (exact) mass is 404 g/mol. The molecule has 9 heteroatoms. The Labute approximate surface area is 162 Å². The van der Waals surface area contributed by atoms with Gasteiger partial charge in [-0.25, -0.2) is 13.2 Å². The number of hydrogen-bond donors (Lipinski definition) is 2. The number of carbonyl (C=O) groups is 2. The number of nitrogens with one attached hydrogen (secondary N) is 1. The molecule has 1 unspecified atom stereocenters. The van der Waals surface area contributed by atoms with Crippen molar-refractivity contribution in [3.63, 3.8) is 0 Å². The Kier molecular flexibility index (Phi) is 5.03. The van der Waals surface area contributed by atoms with E-state index in [9.17, 15) is 23.1 Å². The van der Waals surface area contributed by atoms with Gasteiger partial charge in [0.2, 0.25) is 10.0 Å². The molecular formula is C19H20N2O6S. The fourth-order valence-corrected chi connectivity index (χ4v) is 4.63. The highest BCUT2D eigenvalue weighted by atomic mass is 32.2. The van der Waals surface area contributed by atoms with Crippen molar-refractivity contribution < 1.29 is 27.9 Å². The molecule has 0 saturated carbocycles. The maximum absolute atomic E-state index is 12.6.